The van der Waals surface area contributed by atoms with E-state index in [-0.39, 0.29) is 24.1 Å². The summed E-state index contributed by atoms with van der Waals surface area (Å²) in [6.07, 6.45) is 2.71. The molecule has 2 N–H and O–H groups in total. The Hall–Kier alpha value is -2.02. The summed E-state index contributed by atoms with van der Waals surface area (Å²) in [5.41, 5.74) is 0.860. The van der Waals surface area contributed by atoms with Crippen LogP contribution in [0.4, 0.5) is 5.69 Å². The number of anilines is 1. The van der Waals surface area contributed by atoms with Gasteiger partial charge in [0, 0.05) is 24.4 Å². The normalized spacial score (nSPS) is 20.8. The van der Waals surface area contributed by atoms with E-state index in [4.69, 9.17) is 0 Å². The van der Waals surface area contributed by atoms with E-state index in [0.717, 1.165) is 23.4 Å². The molecule has 0 aromatic heterocycles. The molecular weight excluding hydrogens is 326 g/mol. The van der Waals surface area contributed by atoms with Gasteiger partial charge in [0.25, 0.3) is 0 Å². The number of hydrogen-bond donors (Lipinski definition) is 2. The largest absolute Gasteiger partial charge is 0.354 e. The fraction of sp³-hybridized carbons (Fsp3) is 0.471. The van der Waals surface area contributed by atoms with Crippen molar-refractivity contribution in [3.63, 3.8) is 0 Å². The van der Waals surface area contributed by atoms with Crippen molar-refractivity contribution in [2.75, 3.05) is 23.7 Å². The smallest absolute Gasteiger partial charge is 0.242 e. The van der Waals surface area contributed by atoms with Gasteiger partial charge in [-0.1, -0.05) is 12.1 Å². The summed E-state index contributed by atoms with van der Waals surface area (Å²) in [6.45, 7) is 0.999. The molecule has 0 unspecified atom stereocenters. The van der Waals surface area contributed by atoms with Gasteiger partial charge < -0.3 is 15.5 Å². The average molecular weight is 347 g/mol. The molecule has 1 aromatic carbocycles. The lowest BCUT2D eigenvalue weighted by molar-refractivity contribution is -0.128. The van der Waals surface area contributed by atoms with Crippen molar-refractivity contribution in [2.45, 2.75) is 36.6 Å². The lowest BCUT2D eigenvalue weighted by Crippen LogP contribution is -2.46. The maximum atomic E-state index is 12.2. The minimum atomic E-state index is -0.458. The second kappa shape index (κ2) is 7.70. The Morgan fingerprint density at radius 1 is 1.29 bits per heavy atom. The summed E-state index contributed by atoms with van der Waals surface area (Å²) in [6, 6.07) is 7.25. The number of nitrogens with one attached hydrogen (secondary N) is 2. The third kappa shape index (κ3) is 3.90. The second-order valence-corrected chi connectivity index (χ2v) is 6.98. The Kier molecular flexibility index (Phi) is 5.40. The van der Waals surface area contributed by atoms with Gasteiger partial charge in [-0.05, 0) is 31.4 Å². The van der Waals surface area contributed by atoms with E-state index >= 15 is 0 Å². The Morgan fingerprint density at radius 3 is 3.00 bits per heavy atom. The van der Waals surface area contributed by atoms with Gasteiger partial charge in [-0.3, -0.25) is 14.4 Å². The summed E-state index contributed by atoms with van der Waals surface area (Å²) in [5.74, 6) is 0.0971. The minimum Gasteiger partial charge on any atom is -0.354 e. The first-order valence-electron chi connectivity index (χ1n) is 8.24. The summed E-state index contributed by atoms with van der Waals surface area (Å²) >= 11 is 1.52. The predicted octanol–water partition coefficient (Wildman–Crippen LogP) is 1.30. The van der Waals surface area contributed by atoms with Crippen LogP contribution in [0.5, 0.6) is 0 Å². The van der Waals surface area contributed by atoms with Crippen molar-refractivity contribution in [2.24, 2.45) is 0 Å². The Balaban J connectivity index is 1.58. The molecule has 1 aromatic rings. The lowest BCUT2D eigenvalue weighted by atomic mass is 10.1. The fourth-order valence-corrected chi connectivity index (χ4v) is 3.89. The number of carbonyl (C=O) groups excluding carboxylic acids is 3. The minimum absolute atomic E-state index is 0.0127. The maximum Gasteiger partial charge on any atom is 0.242 e. The first-order valence-corrected chi connectivity index (χ1v) is 9.23. The molecule has 2 aliphatic rings. The maximum absolute atomic E-state index is 12.2. The van der Waals surface area contributed by atoms with Gasteiger partial charge in [-0.25, -0.2) is 0 Å². The van der Waals surface area contributed by atoms with Crippen LogP contribution in [0.3, 0.4) is 0 Å². The number of amides is 3. The van der Waals surface area contributed by atoms with Crippen LogP contribution in [-0.4, -0.2) is 42.6 Å². The SMILES string of the molecule is O=C(CCN1C(=O)CSc2ccccc21)N[C@H]1CCCCNC1=O. The van der Waals surface area contributed by atoms with Crippen molar-refractivity contribution in [3.05, 3.63) is 24.3 Å². The van der Waals surface area contributed by atoms with Crippen LogP contribution >= 0.6 is 11.8 Å². The number of benzene rings is 1. The molecule has 0 saturated carbocycles. The van der Waals surface area contributed by atoms with E-state index < -0.39 is 6.04 Å². The van der Waals surface area contributed by atoms with E-state index in [9.17, 15) is 14.4 Å². The van der Waals surface area contributed by atoms with Crippen LogP contribution in [0, 0.1) is 0 Å². The molecule has 1 fully saturated rings. The van der Waals surface area contributed by atoms with Crippen molar-refractivity contribution < 1.29 is 14.4 Å². The highest BCUT2D eigenvalue weighted by Crippen LogP contribution is 2.34. The van der Waals surface area contributed by atoms with Crippen LogP contribution in [0.2, 0.25) is 0 Å². The van der Waals surface area contributed by atoms with E-state index in [1.165, 1.54) is 11.8 Å². The van der Waals surface area contributed by atoms with E-state index in [1.54, 1.807) is 4.90 Å². The summed E-state index contributed by atoms with van der Waals surface area (Å²) in [7, 11) is 0. The van der Waals surface area contributed by atoms with Gasteiger partial charge in [0.2, 0.25) is 17.7 Å². The molecule has 3 rings (SSSR count). The third-order valence-corrected chi connectivity index (χ3v) is 5.29. The zero-order chi connectivity index (χ0) is 16.9. The number of fused-ring (bicyclic) bond motifs is 1. The van der Waals surface area contributed by atoms with E-state index in [2.05, 4.69) is 10.6 Å². The number of thioether (sulfide) groups is 1. The zero-order valence-electron chi connectivity index (χ0n) is 13.4. The molecule has 3 amide bonds. The van der Waals surface area contributed by atoms with Gasteiger partial charge in [0.1, 0.15) is 6.04 Å². The van der Waals surface area contributed by atoms with Gasteiger partial charge in [0.15, 0.2) is 0 Å². The molecule has 0 spiro atoms. The van der Waals surface area contributed by atoms with Gasteiger partial charge >= 0.3 is 0 Å². The summed E-state index contributed by atoms with van der Waals surface area (Å²) in [4.78, 5) is 39.0. The summed E-state index contributed by atoms with van der Waals surface area (Å²) < 4.78 is 0. The number of para-hydroxylation sites is 1. The molecule has 0 aliphatic carbocycles. The second-order valence-electron chi connectivity index (χ2n) is 5.96. The first kappa shape index (κ1) is 16.8. The molecule has 128 valence electrons. The molecule has 6 nitrogen and oxygen atoms in total. The Labute approximate surface area is 145 Å². The highest BCUT2D eigenvalue weighted by atomic mass is 32.2. The fourth-order valence-electron chi connectivity index (χ4n) is 2.96. The quantitative estimate of drug-likeness (QED) is 0.861. The molecular formula is C17H21N3O3S. The number of carbonyl (C=O) groups is 3. The van der Waals surface area contributed by atoms with Gasteiger partial charge in [-0.2, -0.15) is 0 Å². The number of rotatable bonds is 4. The van der Waals surface area contributed by atoms with Crippen molar-refractivity contribution >= 4 is 35.2 Å². The monoisotopic (exact) mass is 347 g/mol. The predicted molar refractivity (Wildman–Crippen MR) is 92.9 cm³/mol. The van der Waals surface area contributed by atoms with Crippen LogP contribution in [0.25, 0.3) is 0 Å². The molecule has 0 bridgehead atoms. The zero-order valence-corrected chi connectivity index (χ0v) is 14.2. The topological polar surface area (TPSA) is 78.5 Å². The van der Waals surface area contributed by atoms with Crippen LogP contribution in [0.15, 0.2) is 29.2 Å². The Bertz CT molecular complexity index is 650. The van der Waals surface area contributed by atoms with Crippen LogP contribution < -0.4 is 15.5 Å². The van der Waals surface area contributed by atoms with Crippen molar-refractivity contribution in [1.82, 2.24) is 10.6 Å². The van der Waals surface area contributed by atoms with E-state index in [1.807, 2.05) is 24.3 Å². The summed E-state index contributed by atoms with van der Waals surface area (Å²) in [5, 5.41) is 5.60. The van der Waals surface area contributed by atoms with Gasteiger partial charge in [0.05, 0.1) is 11.4 Å². The first-order chi connectivity index (χ1) is 11.6. The molecule has 1 saturated heterocycles. The molecule has 24 heavy (non-hydrogen) atoms. The molecule has 7 heteroatoms. The molecule has 2 heterocycles. The number of nitrogens with zero attached hydrogens (tertiary/aromatic N) is 1. The third-order valence-electron chi connectivity index (χ3n) is 4.24. The molecule has 1 atom stereocenters. The lowest BCUT2D eigenvalue weighted by Gasteiger charge is -2.28. The average Bonchev–Trinajstić information content (AvgIpc) is 2.79. The highest BCUT2D eigenvalue weighted by Gasteiger charge is 2.26. The van der Waals surface area contributed by atoms with Gasteiger partial charge in [-0.15, -0.1) is 11.8 Å². The standard InChI is InChI=1S/C17H21N3O3S/c21-15(19-12-5-3-4-9-18-17(12)23)8-10-20-13-6-1-2-7-14(13)24-11-16(20)22/h1-2,6-7,12H,3-5,8-11H2,(H,18,23)(H,19,21)/t12-/m0/s1. The van der Waals surface area contributed by atoms with Crippen molar-refractivity contribution in [3.8, 4) is 0 Å². The highest BCUT2D eigenvalue weighted by molar-refractivity contribution is 8.00. The molecule has 0 radical (unpaired) electrons. The van der Waals surface area contributed by atoms with Crippen molar-refractivity contribution in [1.29, 1.82) is 0 Å². The van der Waals surface area contributed by atoms with Crippen LogP contribution in [-0.2, 0) is 14.4 Å². The van der Waals surface area contributed by atoms with E-state index in [0.29, 0.717) is 25.3 Å². The Morgan fingerprint density at radius 2 is 2.12 bits per heavy atom. The van der Waals surface area contributed by atoms with Crippen LogP contribution in [0.1, 0.15) is 25.7 Å². The number of hydrogen-bond acceptors (Lipinski definition) is 4. The molecule has 2 aliphatic heterocycles.